The second-order valence-electron chi connectivity index (χ2n) is 4.17. The summed E-state index contributed by atoms with van der Waals surface area (Å²) < 4.78 is 0. The van der Waals surface area contributed by atoms with E-state index in [0.717, 1.165) is 6.42 Å². The molecule has 14 heavy (non-hydrogen) atoms. The van der Waals surface area contributed by atoms with Crippen molar-refractivity contribution < 1.29 is 18.9 Å². The van der Waals surface area contributed by atoms with Crippen LogP contribution >= 0.6 is 0 Å². The molecule has 1 heterocycles. The van der Waals surface area contributed by atoms with Crippen molar-refractivity contribution in [2.24, 2.45) is 0 Å². The summed E-state index contributed by atoms with van der Waals surface area (Å²) in [6.07, 6.45) is 10.9. The summed E-state index contributed by atoms with van der Waals surface area (Å²) in [5, 5.41) is 0. The number of rotatable bonds is 5. The molecule has 0 aliphatic carbocycles. The Kier molecular flexibility index (Phi) is 10.5. The molecular weight excluding hydrogens is 165 g/mol. The average molecular weight is 189 g/mol. The van der Waals surface area contributed by atoms with E-state index in [4.69, 9.17) is 0 Å². The van der Waals surface area contributed by atoms with Crippen molar-refractivity contribution in [1.82, 2.24) is 4.90 Å². The molecule has 1 aliphatic heterocycles. The van der Waals surface area contributed by atoms with Gasteiger partial charge >= 0.3 is 18.9 Å². The van der Waals surface area contributed by atoms with Gasteiger partial charge < -0.3 is 11.8 Å². The molecule has 1 rings (SSSR count). The molecule has 2 heteroatoms. The topological polar surface area (TPSA) is 3.24 Å². The standard InChI is InChI=1S/C12H24N.Li/c1-2-3-4-7-10-13-11-8-5-6-9-12-13;/h1-12H2;/q-1;+1. The van der Waals surface area contributed by atoms with Gasteiger partial charge in [-0.15, -0.1) is 0 Å². The van der Waals surface area contributed by atoms with Crippen LogP contribution in [-0.4, -0.2) is 24.5 Å². The van der Waals surface area contributed by atoms with Crippen molar-refractivity contribution in [3.63, 3.8) is 0 Å². The monoisotopic (exact) mass is 189 g/mol. The minimum absolute atomic E-state index is 0. The Labute approximate surface area is 102 Å². The molecule has 1 saturated heterocycles. The first-order valence-electron chi connectivity index (χ1n) is 5.95. The summed E-state index contributed by atoms with van der Waals surface area (Å²) >= 11 is 0. The quantitative estimate of drug-likeness (QED) is 0.341. The van der Waals surface area contributed by atoms with Crippen LogP contribution in [0.15, 0.2) is 0 Å². The molecule has 1 aliphatic rings. The maximum Gasteiger partial charge on any atom is 1.00 e. The maximum absolute atomic E-state index is 3.87. The van der Waals surface area contributed by atoms with E-state index in [2.05, 4.69) is 11.8 Å². The number of hydrogen-bond acceptors (Lipinski definition) is 1. The zero-order valence-corrected chi connectivity index (χ0v) is 9.93. The molecule has 0 aromatic carbocycles. The van der Waals surface area contributed by atoms with Crippen molar-refractivity contribution in [3.8, 4) is 0 Å². The molecule has 78 valence electrons. The third-order valence-electron chi connectivity index (χ3n) is 2.92. The molecular formula is C12H24LiN. The zero-order chi connectivity index (χ0) is 9.36. The molecule has 0 bridgehead atoms. The van der Waals surface area contributed by atoms with Crippen LogP contribution in [0.4, 0.5) is 0 Å². The van der Waals surface area contributed by atoms with Gasteiger partial charge in [0.2, 0.25) is 0 Å². The number of hydrogen-bond donors (Lipinski definition) is 0. The van der Waals surface area contributed by atoms with Crippen LogP contribution in [0.5, 0.6) is 0 Å². The van der Waals surface area contributed by atoms with E-state index in [1.165, 1.54) is 64.6 Å². The van der Waals surface area contributed by atoms with Gasteiger partial charge in [-0.2, -0.15) is 6.42 Å². The predicted molar refractivity (Wildman–Crippen MR) is 58.7 cm³/mol. The predicted octanol–water partition coefficient (Wildman–Crippen LogP) is 0.261. The van der Waals surface area contributed by atoms with Gasteiger partial charge in [-0.05, 0) is 38.9 Å². The second kappa shape index (κ2) is 10.1. The first-order valence-corrected chi connectivity index (χ1v) is 5.95. The Balaban J connectivity index is 0.00000169. The van der Waals surface area contributed by atoms with Gasteiger partial charge in [-0.25, -0.2) is 0 Å². The Morgan fingerprint density at radius 2 is 1.50 bits per heavy atom. The average Bonchev–Trinajstić information content (AvgIpc) is 2.41. The molecule has 0 N–H and O–H groups in total. The van der Waals surface area contributed by atoms with Gasteiger partial charge in [0.15, 0.2) is 0 Å². The maximum atomic E-state index is 3.87. The Morgan fingerprint density at radius 1 is 0.857 bits per heavy atom. The molecule has 0 atom stereocenters. The van der Waals surface area contributed by atoms with Gasteiger partial charge in [0.25, 0.3) is 0 Å². The summed E-state index contributed by atoms with van der Waals surface area (Å²) in [5.41, 5.74) is 0. The van der Waals surface area contributed by atoms with E-state index in [-0.39, 0.29) is 18.9 Å². The first kappa shape index (κ1) is 14.6. The minimum atomic E-state index is 0. The van der Waals surface area contributed by atoms with E-state index in [1.807, 2.05) is 0 Å². The van der Waals surface area contributed by atoms with Crippen LogP contribution < -0.4 is 18.9 Å². The van der Waals surface area contributed by atoms with Crippen LogP contribution in [0.1, 0.15) is 51.4 Å². The molecule has 0 amide bonds. The fourth-order valence-electron chi connectivity index (χ4n) is 2.05. The van der Waals surface area contributed by atoms with Crippen LogP contribution in [0.2, 0.25) is 0 Å². The Bertz CT molecular complexity index is 109. The van der Waals surface area contributed by atoms with E-state index >= 15 is 0 Å². The molecule has 0 unspecified atom stereocenters. The van der Waals surface area contributed by atoms with Crippen LogP contribution in [0, 0.1) is 6.92 Å². The van der Waals surface area contributed by atoms with E-state index in [9.17, 15) is 0 Å². The summed E-state index contributed by atoms with van der Waals surface area (Å²) in [7, 11) is 0. The summed E-state index contributed by atoms with van der Waals surface area (Å²) in [5.74, 6) is 0. The number of nitrogens with zero attached hydrogens (tertiary/aromatic N) is 1. The summed E-state index contributed by atoms with van der Waals surface area (Å²) in [4.78, 5) is 2.65. The molecule has 0 aromatic heterocycles. The van der Waals surface area contributed by atoms with Crippen molar-refractivity contribution >= 4 is 0 Å². The third kappa shape index (κ3) is 6.93. The van der Waals surface area contributed by atoms with Gasteiger partial charge in [-0.1, -0.05) is 25.7 Å². The largest absolute Gasteiger partial charge is 1.00 e. The molecule has 1 nitrogen and oxygen atoms in total. The summed E-state index contributed by atoms with van der Waals surface area (Å²) in [6.45, 7) is 7.91. The van der Waals surface area contributed by atoms with Gasteiger partial charge in [0.1, 0.15) is 0 Å². The van der Waals surface area contributed by atoms with Crippen molar-refractivity contribution in [3.05, 3.63) is 6.92 Å². The van der Waals surface area contributed by atoms with Crippen molar-refractivity contribution in [1.29, 1.82) is 0 Å². The van der Waals surface area contributed by atoms with Gasteiger partial charge in [0.05, 0.1) is 0 Å². The zero-order valence-electron chi connectivity index (χ0n) is 9.93. The van der Waals surface area contributed by atoms with E-state index in [1.54, 1.807) is 0 Å². The number of unbranched alkanes of at least 4 members (excludes halogenated alkanes) is 3. The normalized spacial score (nSPS) is 18.6. The minimum Gasteiger partial charge on any atom is -0.343 e. The van der Waals surface area contributed by atoms with Crippen LogP contribution in [0.25, 0.3) is 0 Å². The van der Waals surface area contributed by atoms with Crippen LogP contribution in [-0.2, 0) is 0 Å². The van der Waals surface area contributed by atoms with Crippen LogP contribution in [0.3, 0.4) is 0 Å². The van der Waals surface area contributed by atoms with Gasteiger partial charge in [-0.3, -0.25) is 0 Å². The molecule has 1 fully saturated rings. The fraction of sp³-hybridized carbons (Fsp3) is 0.917. The summed E-state index contributed by atoms with van der Waals surface area (Å²) in [6, 6.07) is 0. The van der Waals surface area contributed by atoms with Crippen molar-refractivity contribution in [2.75, 3.05) is 19.6 Å². The van der Waals surface area contributed by atoms with E-state index in [0.29, 0.717) is 0 Å². The van der Waals surface area contributed by atoms with E-state index < -0.39 is 0 Å². The van der Waals surface area contributed by atoms with Crippen molar-refractivity contribution in [2.45, 2.75) is 51.4 Å². The Hall–Kier alpha value is 0.557. The molecule has 0 aromatic rings. The Morgan fingerprint density at radius 3 is 2.07 bits per heavy atom. The van der Waals surface area contributed by atoms with Gasteiger partial charge in [0, 0.05) is 0 Å². The first-order chi connectivity index (χ1) is 6.43. The SMILES string of the molecule is [CH2-]CCCCCN1CCCCCC1.[Li+]. The fourth-order valence-corrected chi connectivity index (χ4v) is 2.05. The third-order valence-corrected chi connectivity index (χ3v) is 2.92. The molecule has 0 saturated carbocycles. The smallest absolute Gasteiger partial charge is 0.343 e. The molecule has 0 spiro atoms. The second-order valence-corrected chi connectivity index (χ2v) is 4.17. The molecule has 0 radical (unpaired) electrons. The number of likely N-dealkylation sites (tertiary alicyclic amines) is 1.